The van der Waals surface area contributed by atoms with Gasteiger partial charge in [0.25, 0.3) is 0 Å². The van der Waals surface area contributed by atoms with Crippen molar-refractivity contribution in [3.63, 3.8) is 0 Å². The molecule has 5 nitrogen and oxygen atoms in total. The van der Waals surface area contributed by atoms with Gasteiger partial charge in [0.05, 0.1) is 12.1 Å². The molecule has 0 fully saturated rings. The van der Waals surface area contributed by atoms with Gasteiger partial charge in [0.2, 0.25) is 5.91 Å². The smallest absolute Gasteiger partial charge is 0.229 e. The zero-order valence-electron chi connectivity index (χ0n) is 8.93. The van der Waals surface area contributed by atoms with Gasteiger partial charge in [0.1, 0.15) is 5.00 Å². The highest BCUT2D eigenvalue weighted by atomic mass is 32.1. The second-order valence-electron chi connectivity index (χ2n) is 3.83. The van der Waals surface area contributed by atoms with Crippen LogP contribution in [0.15, 0.2) is 6.20 Å². The Kier molecular flexibility index (Phi) is 4.64. The summed E-state index contributed by atoms with van der Waals surface area (Å²) in [5.74, 6) is 0.285. The molecule has 0 spiro atoms. The third-order valence-electron chi connectivity index (χ3n) is 2.02. The first-order valence-corrected chi connectivity index (χ1v) is 5.69. The summed E-state index contributed by atoms with van der Waals surface area (Å²) in [5.41, 5.74) is 5.56. The summed E-state index contributed by atoms with van der Waals surface area (Å²) in [4.78, 5) is 11.7. The standard InChI is InChI=1S/C9H16N4OS/c1-6(2)3-7(4-10)9(14)12-8-5-11-13-15-8/h5-7H,3-4,10H2,1-2H3,(H,12,14). The first kappa shape index (κ1) is 12.1. The number of hydrogen-bond donors (Lipinski definition) is 2. The van der Waals surface area contributed by atoms with Gasteiger partial charge in [-0.25, -0.2) is 0 Å². The molecular formula is C9H16N4OS. The lowest BCUT2D eigenvalue weighted by atomic mass is 9.96. The third kappa shape index (κ3) is 3.93. The van der Waals surface area contributed by atoms with Crippen LogP contribution in [-0.4, -0.2) is 22.0 Å². The second kappa shape index (κ2) is 5.77. The molecule has 0 aliphatic rings. The van der Waals surface area contributed by atoms with Crippen molar-refractivity contribution in [1.82, 2.24) is 9.59 Å². The van der Waals surface area contributed by atoms with E-state index in [1.165, 1.54) is 6.20 Å². The first-order valence-electron chi connectivity index (χ1n) is 4.91. The number of aromatic nitrogens is 2. The number of carbonyl (C=O) groups is 1. The number of amides is 1. The van der Waals surface area contributed by atoms with Crippen LogP contribution >= 0.6 is 11.5 Å². The fraction of sp³-hybridized carbons (Fsp3) is 0.667. The number of nitrogens with one attached hydrogen (secondary N) is 1. The number of rotatable bonds is 5. The molecule has 1 aromatic rings. The minimum Gasteiger partial charge on any atom is -0.330 e. The average molecular weight is 228 g/mol. The summed E-state index contributed by atoms with van der Waals surface area (Å²) in [6.07, 6.45) is 2.33. The molecule has 0 aliphatic carbocycles. The lowest BCUT2D eigenvalue weighted by molar-refractivity contribution is -0.120. The van der Waals surface area contributed by atoms with E-state index in [1.807, 2.05) is 0 Å². The van der Waals surface area contributed by atoms with Crippen LogP contribution in [0, 0.1) is 11.8 Å². The van der Waals surface area contributed by atoms with Crippen LogP contribution in [0.3, 0.4) is 0 Å². The van der Waals surface area contributed by atoms with E-state index < -0.39 is 0 Å². The Labute approximate surface area is 93.2 Å². The quantitative estimate of drug-likeness (QED) is 0.790. The molecular weight excluding hydrogens is 212 g/mol. The van der Waals surface area contributed by atoms with Crippen LogP contribution in [0.2, 0.25) is 0 Å². The predicted octanol–water partition coefficient (Wildman–Crippen LogP) is 1.10. The predicted molar refractivity (Wildman–Crippen MR) is 60.5 cm³/mol. The van der Waals surface area contributed by atoms with Gasteiger partial charge in [0, 0.05) is 18.1 Å². The summed E-state index contributed by atoms with van der Waals surface area (Å²) >= 11 is 1.16. The lowest BCUT2D eigenvalue weighted by Crippen LogP contribution is -2.30. The van der Waals surface area contributed by atoms with Crippen molar-refractivity contribution < 1.29 is 4.79 Å². The van der Waals surface area contributed by atoms with Crippen molar-refractivity contribution in [3.05, 3.63) is 6.20 Å². The topological polar surface area (TPSA) is 80.9 Å². The minimum atomic E-state index is -0.132. The van der Waals surface area contributed by atoms with E-state index in [4.69, 9.17) is 5.73 Å². The van der Waals surface area contributed by atoms with Crippen molar-refractivity contribution >= 4 is 22.4 Å². The monoisotopic (exact) mass is 228 g/mol. The molecule has 0 saturated carbocycles. The van der Waals surface area contributed by atoms with Crippen molar-refractivity contribution in [2.45, 2.75) is 20.3 Å². The zero-order valence-corrected chi connectivity index (χ0v) is 9.75. The third-order valence-corrected chi connectivity index (χ3v) is 2.60. The van der Waals surface area contributed by atoms with Gasteiger partial charge in [-0.2, -0.15) is 0 Å². The molecule has 6 heteroatoms. The van der Waals surface area contributed by atoms with E-state index in [9.17, 15) is 4.79 Å². The number of hydrogen-bond acceptors (Lipinski definition) is 5. The molecule has 1 rings (SSSR count). The molecule has 0 aliphatic heterocycles. The summed E-state index contributed by atoms with van der Waals surface area (Å²) in [5, 5.41) is 7.07. The van der Waals surface area contributed by atoms with Gasteiger partial charge in [-0.15, -0.1) is 5.10 Å². The molecule has 0 saturated heterocycles. The Bertz CT molecular complexity index is 299. The summed E-state index contributed by atoms with van der Waals surface area (Å²) in [6.45, 7) is 4.52. The molecule has 0 aromatic carbocycles. The molecule has 1 aromatic heterocycles. The van der Waals surface area contributed by atoms with Crippen LogP contribution in [0.4, 0.5) is 5.00 Å². The van der Waals surface area contributed by atoms with Gasteiger partial charge < -0.3 is 11.1 Å². The van der Waals surface area contributed by atoms with E-state index in [0.717, 1.165) is 18.0 Å². The maximum absolute atomic E-state index is 11.7. The van der Waals surface area contributed by atoms with E-state index >= 15 is 0 Å². The zero-order chi connectivity index (χ0) is 11.3. The highest BCUT2D eigenvalue weighted by Gasteiger charge is 2.18. The largest absolute Gasteiger partial charge is 0.330 e. The molecule has 1 atom stereocenters. The Morgan fingerprint density at radius 2 is 2.40 bits per heavy atom. The molecule has 1 unspecified atom stereocenters. The van der Waals surface area contributed by atoms with E-state index in [1.54, 1.807) is 0 Å². The number of anilines is 1. The van der Waals surface area contributed by atoms with Crippen molar-refractivity contribution in [3.8, 4) is 0 Å². The maximum atomic E-state index is 11.7. The van der Waals surface area contributed by atoms with Gasteiger partial charge in [-0.1, -0.05) is 18.3 Å². The Morgan fingerprint density at radius 1 is 1.67 bits per heavy atom. The fourth-order valence-corrected chi connectivity index (χ4v) is 1.75. The van der Waals surface area contributed by atoms with Crippen LogP contribution in [0.5, 0.6) is 0 Å². The van der Waals surface area contributed by atoms with Crippen LogP contribution in [-0.2, 0) is 4.79 Å². The highest BCUT2D eigenvalue weighted by molar-refractivity contribution is 7.10. The van der Waals surface area contributed by atoms with E-state index in [-0.39, 0.29) is 11.8 Å². The SMILES string of the molecule is CC(C)CC(CN)C(=O)Nc1cnns1. The summed E-state index contributed by atoms with van der Waals surface area (Å²) in [7, 11) is 0. The molecule has 1 heterocycles. The molecule has 1 amide bonds. The van der Waals surface area contributed by atoms with Crippen LogP contribution < -0.4 is 11.1 Å². The molecule has 0 radical (unpaired) electrons. The Hall–Kier alpha value is -1.01. The average Bonchev–Trinajstić information content (AvgIpc) is 2.66. The van der Waals surface area contributed by atoms with Crippen LogP contribution in [0.1, 0.15) is 20.3 Å². The second-order valence-corrected chi connectivity index (χ2v) is 4.62. The summed E-state index contributed by atoms with van der Waals surface area (Å²) in [6, 6.07) is 0. The molecule has 3 N–H and O–H groups in total. The van der Waals surface area contributed by atoms with E-state index in [0.29, 0.717) is 17.5 Å². The van der Waals surface area contributed by atoms with Gasteiger partial charge >= 0.3 is 0 Å². The number of carbonyl (C=O) groups excluding carboxylic acids is 1. The van der Waals surface area contributed by atoms with Crippen molar-refractivity contribution in [2.75, 3.05) is 11.9 Å². The summed E-state index contributed by atoms with van der Waals surface area (Å²) < 4.78 is 3.67. The van der Waals surface area contributed by atoms with Crippen LogP contribution in [0.25, 0.3) is 0 Å². The first-order chi connectivity index (χ1) is 7.13. The van der Waals surface area contributed by atoms with Gasteiger partial charge in [-0.05, 0) is 12.3 Å². The Morgan fingerprint density at radius 3 is 2.87 bits per heavy atom. The molecule has 84 valence electrons. The maximum Gasteiger partial charge on any atom is 0.229 e. The van der Waals surface area contributed by atoms with E-state index in [2.05, 4.69) is 28.8 Å². The molecule has 15 heavy (non-hydrogen) atoms. The van der Waals surface area contributed by atoms with Crippen molar-refractivity contribution in [2.24, 2.45) is 17.6 Å². The lowest BCUT2D eigenvalue weighted by Gasteiger charge is -2.15. The highest BCUT2D eigenvalue weighted by Crippen LogP contribution is 2.15. The number of nitrogens with zero attached hydrogens (tertiary/aromatic N) is 2. The van der Waals surface area contributed by atoms with Crippen molar-refractivity contribution in [1.29, 1.82) is 0 Å². The normalized spacial score (nSPS) is 12.8. The minimum absolute atomic E-state index is 0.0442. The Balaban J connectivity index is 2.50. The van der Waals surface area contributed by atoms with Gasteiger partial charge in [0.15, 0.2) is 0 Å². The molecule has 0 bridgehead atoms. The van der Waals surface area contributed by atoms with Gasteiger partial charge in [-0.3, -0.25) is 4.79 Å². The number of nitrogens with two attached hydrogens (primary N) is 1. The fourth-order valence-electron chi connectivity index (χ4n) is 1.33.